The number of hydrogen-bond acceptors (Lipinski definition) is 7. The summed E-state index contributed by atoms with van der Waals surface area (Å²) in [6.07, 6.45) is 7.25. The molecule has 2 aromatic carbocycles. The number of rotatable bonds is 15. The third kappa shape index (κ3) is 10.2. The summed E-state index contributed by atoms with van der Waals surface area (Å²) in [5.41, 5.74) is 3.04. The van der Waals surface area contributed by atoms with E-state index in [0.29, 0.717) is 42.1 Å². The largest absolute Gasteiger partial charge is 0.494 e. The van der Waals surface area contributed by atoms with Gasteiger partial charge in [0.1, 0.15) is 5.75 Å². The second-order valence-corrected chi connectivity index (χ2v) is 11.9. The summed E-state index contributed by atoms with van der Waals surface area (Å²) < 4.78 is 17.2. The molecule has 1 amide bonds. The van der Waals surface area contributed by atoms with Crippen LogP contribution in [0.3, 0.4) is 0 Å². The Morgan fingerprint density at radius 1 is 0.930 bits per heavy atom. The lowest BCUT2D eigenvalue weighted by molar-refractivity contribution is 0.0271. The van der Waals surface area contributed by atoms with E-state index in [9.17, 15) is 4.79 Å². The molecule has 0 spiro atoms. The van der Waals surface area contributed by atoms with Crippen molar-refractivity contribution < 1.29 is 19.0 Å². The van der Waals surface area contributed by atoms with Gasteiger partial charge < -0.3 is 24.0 Å². The van der Waals surface area contributed by atoms with E-state index in [1.165, 1.54) is 5.56 Å². The first-order chi connectivity index (χ1) is 21.0. The van der Waals surface area contributed by atoms with E-state index in [1.807, 2.05) is 30.3 Å². The molecule has 8 nitrogen and oxygen atoms in total. The fraction of sp³-hybridized carbons (Fsp3) is 0.576. The lowest BCUT2D eigenvalue weighted by Crippen LogP contribution is -2.46. The number of benzene rings is 2. The van der Waals surface area contributed by atoms with E-state index in [2.05, 4.69) is 34.7 Å². The number of piperazine rings is 1. The van der Waals surface area contributed by atoms with Crippen LogP contribution in [-0.4, -0.2) is 81.0 Å². The first-order valence-corrected chi connectivity index (χ1v) is 16.5. The van der Waals surface area contributed by atoms with Crippen molar-refractivity contribution in [1.29, 1.82) is 0 Å². The molecule has 0 saturated carbocycles. The first kappa shape index (κ1) is 33.2. The summed E-state index contributed by atoms with van der Waals surface area (Å²) in [4.78, 5) is 23.8. The van der Waals surface area contributed by atoms with E-state index in [-0.39, 0.29) is 12.9 Å². The molecule has 43 heavy (non-hydrogen) atoms. The Labute approximate surface area is 266 Å². The average Bonchev–Trinajstić information content (AvgIpc) is 3.02. The van der Waals surface area contributed by atoms with Crippen molar-refractivity contribution >= 4 is 46.6 Å². The third-order valence-electron chi connectivity index (χ3n) is 7.92. The number of carbonyl (C=O) groups is 1. The van der Waals surface area contributed by atoms with Gasteiger partial charge in [-0.2, -0.15) is 0 Å². The van der Waals surface area contributed by atoms with Gasteiger partial charge >= 0.3 is 6.09 Å². The maximum absolute atomic E-state index is 12.5. The number of hydrogen-bond donors (Lipinski definition) is 0. The van der Waals surface area contributed by atoms with Crippen LogP contribution in [0.25, 0.3) is 0 Å². The molecule has 0 radical (unpaired) electrons. The minimum Gasteiger partial charge on any atom is -0.494 e. The number of unbranched alkanes of at least 4 members (excludes halogenated alkanes) is 3. The lowest BCUT2D eigenvalue weighted by atomic mass is 10.0. The maximum atomic E-state index is 12.5. The Morgan fingerprint density at radius 2 is 1.70 bits per heavy atom. The molecule has 4 rings (SSSR count). The summed E-state index contributed by atoms with van der Waals surface area (Å²) in [6, 6.07) is 11.9. The summed E-state index contributed by atoms with van der Waals surface area (Å²) >= 11 is 12.6. The molecule has 2 aliphatic rings. The van der Waals surface area contributed by atoms with Gasteiger partial charge in [0.25, 0.3) is 0 Å². The number of anilines is 1. The molecule has 0 bridgehead atoms. The topological polar surface area (TPSA) is 66.8 Å². The van der Waals surface area contributed by atoms with E-state index in [4.69, 9.17) is 37.4 Å². The van der Waals surface area contributed by atoms with Crippen LogP contribution in [0.15, 0.2) is 41.4 Å². The molecule has 10 heteroatoms. The highest BCUT2D eigenvalue weighted by Gasteiger charge is 2.20. The Hall–Kier alpha value is -2.68. The number of carbonyl (C=O) groups excluding carboxylic acids is 1. The minimum absolute atomic E-state index is 0.124. The summed E-state index contributed by atoms with van der Waals surface area (Å²) in [6.45, 7) is 11.1. The Morgan fingerprint density at radius 3 is 2.44 bits per heavy atom. The SMILES string of the molecule is CCCCN(CCCC)C(=O)OCOC1=Nc2cc(OCCCCN3CCN(c4cccc(Cl)c4Cl)CC3)ccc2CC1. The average molecular weight is 634 g/mol. The smallest absolute Gasteiger partial charge is 0.412 e. The van der Waals surface area contributed by atoms with Gasteiger partial charge in [0.15, 0.2) is 5.90 Å². The van der Waals surface area contributed by atoms with Gasteiger partial charge in [0.05, 0.1) is 28.0 Å². The summed E-state index contributed by atoms with van der Waals surface area (Å²) in [5, 5.41) is 1.24. The van der Waals surface area contributed by atoms with Crippen LogP contribution in [0, 0.1) is 0 Å². The molecular formula is C33H46Cl2N4O4. The van der Waals surface area contributed by atoms with Crippen LogP contribution in [0.2, 0.25) is 10.0 Å². The van der Waals surface area contributed by atoms with Crippen LogP contribution in [0.5, 0.6) is 5.75 Å². The highest BCUT2D eigenvalue weighted by atomic mass is 35.5. The van der Waals surface area contributed by atoms with E-state index in [1.54, 1.807) is 4.90 Å². The highest BCUT2D eigenvalue weighted by Crippen LogP contribution is 2.33. The molecule has 2 heterocycles. The number of fused-ring (bicyclic) bond motifs is 1. The van der Waals surface area contributed by atoms with Crippen molar-refractivity contribution in [1.82, 2.24) is 9.80 Å². The Kier molecular flexibility index (Phi) is 13.6. The third-order valence-corrected chi connectivity index (χ3v) is 8.73. The molecular weight excluding hydrogens is 587 g/mol. The first-order valence-electron chi connectivity index (χ1n) is 15.8. The monoisotopic (exact) mass is 632 g/mol. The van der Waals surface area contributed by atoms with Gasteiger partial charge in [0.2, 0.25) is 6.79 Å². The molecule has 2 aliphatic heterocycles. The number of halogens is 2. The van der Waals surface area contributed by atoms with Crippen molar-refractivity contribution in [3.8, 4) is 5.75 Å². The predicted octanol–water partition coefficient (Wildman–Crippen LogP) is 7.96. The van der Waals surface area contributed by atoms with Crippen molar-refractivity contribution in [2.75, 3.05) is 64.1 Å². The van der Waals surface area contributed by atoms with Crippen LogP contribution < -0.4 is 9.64 Å². The zero-order valence-corrected chi connectivity index (χ0v) is 27.2. The molecule has 0 aliphatic carbocycles. The zero-order chi connectivity index (χ0) is 30.4. The highest BCUT2D eigenvalue weighted by molar-refractivity contribution is 6.43. The molecule has 1 saturated heterocycles. The summed E-state index contributed by atoms with van der Waals surface area (Å²) in [5.74, 6) is 1.40. The van der Waals surface area contributed by atoms with Gasteiger partial charge in [-0.1, -0.05) is 62.0 Å². The van der Waals surface area contributed by atoms with Crippen LogP contribution >= 0.6 is 23.2 Å². The molecule has 2 aromatic rings. The van der Waals surface area contributed by atoms with Gasteiger partial charge in [-0.25, -0.2) is 9.79 Å². The number of nitrogens with zero attached hydrogens (tertiary/aromatic N) is 4. The number of amides is 1. The molecule has 0 atom stereocenters. The maximum Gasteiger partial charge on any atom is 0.412 e. The van der Waals surface area contributed by atoms with Crippen molar-refractivity contribution in [2.24, 2.45) is 4.99 Å². The Bertz CT molecular complexity index is 1200. The Balaban J connectivity index is 1.15. The van der Waals surface area contributed by atoms with Crippen LogP contribution in [-0.2, 0) is 15.9 Å². The minimum atomic E-state index is -0.320. The van der Waals surface area contributed by atoms with Crippen molar-refractivity contribution in [3.05, 3.63) is 52.0 Å². The van der Waals surface area contributed by atoms with Gasteiger partial charge in [-0.15, -0.1) is 0 Å². The van der Waals surface area contributed by atoms with Crippen LogP contribution in [0.4, 0.5) is 16.2 Å². The van der Waals surface area contributed by atoms with E-state index < -0.39 is 0 Å². The van der Waals surface area contributed by atoms with Crippen molar-refractivity contribution in [2.45, 2.75) is 65.2 Å². The van der Waals surface area contributed by atoms with Gasteiger partial charge in [-0.05, 0) is 62.4 Å². The van der Waals surface area contributed by atoms with Gasteiger partial charge in [0, 0.05) is 51.8 Å². The van der Waals surface area contributed by atoms with Gasteiger partial charge in [-0.3, -0.25) is 4.90 Å². The van der Waals surface area contributed by atoms with Crippen molar-refractivity contribution in [3.63, 3.8) is 0 Å². The standard InChI is InChI=1S/C33H46Cl2N4O4/c1-3-5-17-39(18-6-4-2)33(40)43-25-42-31-15-13-26-12-14-27(24-29(26)36-31)41-23-8-7-16-37-19-21-38(22-20-37)30-11-9-10-28(34)32(30)35/h9-12,14,24H,3-8,13,15-23,25H2,1-2H3. The molecule has 0 aromatic heterocycles. The number of ether oxygens (including phenoxy) is 3. The lowest BCUT2D eigenvalue weighted by Gasteiger charge is -2.36. The molecule has 236 valence electrons. The number of aliphatic imine (C=N–C) groups is 1. The van der Waals surface area contributed by atoms with E-state index in [0.717, 1.165) is 94.8 Å². The summed E-state index contributed by atoms with van der Waals surface area (Å²) in [7, 11) is 0. The number of aryl methyl sites for hydroxylation is 1. The second kappa shape index (κ2) is 17.6. The normalized spacial score (nSPS) is 15.1. The fourth-order valence-corrected chi connectivity index (χ4v) is 5.71. The fourth-order valence-electron chi connectivity index (χ4n) is 5.29. The quantitative estimate of drug-likeness (QED) is 0.147. The predicted molar refractivity (Wildman–Crippen MR) is 176 cm³/mol. The second-order valence-electron chi connectivity index (χ2n) is 11.1. The van der Waals surface area contributed by atoms with Crippen LogP contribution in [0.1, 0.15) is 64.4 Å². The zero-order valence-electron chi connectivity index (χ0n) is 25.7. The molecule has 1 fully saturated rings. The van der Waals surface area contributed by atoms with E-state index >= 15 is 0 Å². The molecule has 0 N–H and O–H groups in total. The molecule has 0 unspecified atom stereocenters.